The van der Waals surface area contributed by atoms with Crippen LogP contribution in [0.25, 0.3) is 16.0 Å². The highest BCUT2D eigenvalue weighted by Gasteiger charge is 2.48. The Kier molecular flexibility index (Phi) is 8.16. The molecule has 7 nitrogen and oxygen atoms in total. The monoisotopic (exact) mass is 556 g/mol. The molecule has 4 aromatic rings. The maximum atomic E-state index is 13.5. The van der Waals surface area contributed by atoms with E-state index < -0.39 is 17.7 Å². The Morgan fingerprint density at radius 2 is 1.60 bits per heavy atom. The van der Waals surface area contributed by atoms with Crippen molar-refractivity contribution in [1.82, 2.24) is 4.98 Å². The number of aliphatic hydroxyl groups excluding tert-OH is 1. The number of aryl methyl sites for hydroxylation is 1. The van der Waals surface area contributed by atoms with Gasteiger partial charge in [-0.1, -0.05) is 49.8 Å². The molecule has 0 aliphatic carbocycles. The predicted molar refractivity (Wildman–Crippen MR) is 158 cm³/mol. The normalized spacial score (nSPS) is 16.6. The molecule has 40 heavy (non-hydrogen) atoms. The van der Waals surface area contributed by atoms with E-state index in [1.807, 2.05) is 56.3 Å². The molecular weight excluding hydrogens is 524 g/mol. The number of Topliss-reactive ketones (excluding diaryl/α,β-unsaturated/α-hetero) is 1. The molecule has 2 heterocycles. The molecule has 3 aromatic carbocycles. The van der Waals surface area contributed by atoms with Crippen LogP contribution in [0.4, 0.5) is 5.13 Å². The van der Waals surface area contributed by atoms with Gasteiger partial charge in [-0.25, -0.2) is 4.98 Å². The van der Waals surface area contributed by atoms with Crippen LogP contribution in [0.5, 0.6) is 11.5 Å². The number of rotatable bonds is 10. The summed E-state index contributed by atoms with van der Waals surface area (Å²) in [5.41, 5.74) is 2.93. The van der Waals surface area contributed by atoms with E-state index in [0.29, 0.717) is 41.0 Å². The van der Waals surface area contributed by atoms with Crippen molar-refractivity contribution in [2.75, 3.05) is 18.1 Å². The molecular formula is C32H32N2O5S. The molecule has 1 amide bonds. The van der Waals surface area contributed by atoms with Crippen LogP contribution in [-0.2, 0) is 9.59 Å². The lowest BCUT2D eigenvalue weighted by molar-refractivity contribution is -0.132. The smallest absolute Gasteiger partial charge is 0.301 e. The third-order valence-electron chi connectivity index (χ3n) is 6.75. The van der Waals surface area contributed by atoms with Gasteiger partial charge in [0, 0.05) is 5.56 Å². The molecule has 1 aliphatic rings. The minimum Gasteiger partial charge on any atom is -0.507 e. The second-order valence-electron chi connectivity index (χ2n) is 9.78. The number of benzene rings is 3. The summed E-state index contributed by atoms with van der Waals surface area (Å²) in [6.07, 6.45) is 2.85. The summed E-state index contributed by atoms with van der Waals surface area (Å²) in [6.45, 7) is 7.31. The largest absolute Gasteiger partial charge is 0.507 e. The zero-order valence-electron chi connectivity index (χ0n) is 22.8. The lowest BCUT2D eigenvalue weighted by Crippen LogP contribution is -2.29. The average molecular weight is 557 g/mol. The molecule has 1 aliphatic heterocycles. The fraction of sp³-hybridized carbons (Fsp3) is 0.281. The van der Waals surface area contributed by atoms with Gasteiger partial charge in [0.2, 0.25) is 0 Å². The number of hydrogen-bond donors (Lipinski definition) is 1. The van der Waals surface area contributed by atoms with E-state index in [0.717, 1.165) is 35.0 Å². The number of amides is 1. The molecule has 1 aromatic heterocycles. The second kappa shape index (κ2) is 11.9. The summed E-state index contributed by atoms with van der Waals surface area (Å²) in [5.74, 6) is -0.361. The summed E-state index contributed by atoms with van der Waals surface area (Å²) in [4.78, 5) is 33.2. The number of aliphatic hydroxyl groups is 1. The molecule has 8 heteroatoms. The number of fused-ring (bicyclic) bond motifs is 1. The quantitative estimate of drug-likeness (QED) is 0.0962. The predicted octanol–water partition coefficient (Wildman–Crippen LogP) is 7.20. The molecule has 206 valence electrons. The molecule has 0 saturated carbocycles. The summed E-state index contributed by atoms with van der Waals surface area (Å²) >= 11 is 1.35. The number of thiazole rings is 1. The summed E-state index contributed by atoms with van der Waals surface area (Å²) in [6, 6.07) is 19.2. The van der Waals surface area contributed by atoms with Gasteiger partial charge in [0.1, 0.15) is 17.3 Å². The average Bonchev–Trinajstić information content (AvgIpc) is 3.49. The SMILES string of the molecule is CCCCOc1ccc(C2C(=C(O)c3ccc(OCCC)cc3)C(=O)C(=O)N2c2nc3ccc(C)cc3s2)cc1. The maximum Gasteiger partial charge on any atom is 0.301 e. The van der Waals surface area contributed by atoms with E-state index in [4.69, 9.17) is 14.5 Å². The molecule has 1 unspecified atom stereocenters. The van der Waals surface area contributed by atoms with Gasteiger partial charge < -0.3 is 14.6 Å². The Balaban J connectivity index is 1.59. The van der Waals surface area contributed by atoms with Crippen LogP contribution < -0.4 is 14.4 Å². The number of unbranched alkanes of at least 4 members (excludes halogenated alkanes) is 1. The number of anilines is 1. The summed E-state index contributed by atoms with van der Waals surface area (Å²) in [7, 11) is 0. The van der Waals surface area contributed by atoms with Crippen molar-refractivity contribution >= 4 is 44.1 Å². The van der Waals surface area contributed by atoms with Crippen LogP contribution in [-0.4, -0.2) is 35.0 Å². The zero-order valence-corrected chi connectivity index (χ0v) is 23.7. The first-order chi connectivity index (χ1) is 19.4. The maximum absolute atomic E-state index is 13.5. The van der Waals surface area contributed by atoms with E-state index >= 15 is 0 Å². The van der Waals surface area contributed by atoms with Crippen molar-refractivity contribution < 1.29 is 24.2 Å². The Hall–Kier alpha value is -4.17. The highest BCUT2D eigenvalue weighted by Crippen LogP contribution is 2.44. The van der Waals surface area contributed by atoms with Gasteiger partial charge in [-0.15, -0.1) is 0 Å². The first-order valence-corrected chi connectivity index (χ1v) is 14.4. The standard InChI is InChI=1S/C32H32N2O5S/c1-4-6-18-39-24-12-8-21(9-13-24)28-27(29(35)22-10-14-23(15-11-22)38-17-5-2)30(36)31(37)34(28)32-33-25-16-7-20(3)19-26(25)40-32/h7-16,19,28,35H,4-6,17-18H2,1-3H3. The van der Waals surface area contributed by atoms with E-state index in [-0.39, 0.29) is 11.3 Å². The van der Waals surface area contributed by atoms with Gasteiger partial charge in [0.05, 0.1) is 35.0 Å². The van der Waals surface area contributed by atoms with Crippen molar-refractivity contribution in [3.05, 3.63) is 89.0 Å². The molecule has 0 bridgehead atoms. The highest BCUT2D eigenvalue weighted by atomic mass is 32.1. The third kappa shape index (κ3) is 5.45. The van der Waals surface area contributed by atoms with E-state index in [1.54, 1.807) is 24.3 Å². The minimum atomic E-state index is -0.859. The lowest BCUT2D eigenvalue weighted by atomic mass is 9.95. The Morgan fingerprint density at radius 1 is 0.925 bits per heavy atom. The lowest BCUT2D eigenvalue weighted by Gasteiger charge is -2.23. The van der Waals surface area contributed by atoms with Crippen molar-refractivity contribution in [1.29, 1.82) is 0 Å². The van der Waals surface area contributed by atoms with Crippen molar-refractivity contribution in [2.24, 2.45) is 0 Å². The number of carbonyl (C=O) groups is 2. The van der Waals surface area contributed by atoms with Crippen LogP contribution >= 0.6 is 11.3 Å². The molecule has 1 saturated heterocycles. The van der Waals surface area contributed by atoms with Crippen LogP contribution in [0.15, 0.2) is 72.3 Å². The van der Waals surface area contributed by atoms with Crippen molar-refractivity contribution in [3.63, 3.8) is 0 Å². The van der Waals surface area contributed by atoms with Crippen LogP contribution in [0, 0.1) is 6.92 Å². The van der Waals surface area contributed by atoms with Gasteiger partial charge in [0.25, 0.3) is 5.78 Å². The molecule has 1 atom stereocenters. The molecule has 0 radical (unpaired) electrons. The van der Waals surface area contributed by atoms with Crippen LogP contribution in [0.1, 0.15) is 55.8 Å². The topological polar surface area (TPSA) is 89.0 Å². The zero-order chi connectivity index (χ0) is 28.2. The van der Waals surface area contributed by atoms with E-state index in [9.17, 15) is 14.7 Å². The molecule has 1 fully saturated rings. The second-order valence-corrected chi connectivity index (χ2v) is 10.8. The number of nitrogens with zero attached hydrogens (tertiary/aromatic N) is 2. The minimum absolute atomic E-state index is 0.0160. The number of carbonyl (C=O) groups excluding carboxylic acids is 2. The Labute approximate surface area is 237 Å². The van der Waals surface area contributed by atoms with Gasteiger partial charge in [-0.2, -0.15) is 0 Å². The number of ether oxygens (including phenoxy) is 2. The van der Waals surface area contributed by atoms with Gasteiger partial charge in [0.15, 0.2) is 5.13 Å². The van der Waals surface area contributed by atoms with Crippen molar-refractivity contribution in [2.45, 2.75) is 46.1 Å². The van der Waals surface area contributed by atoms with Crippen molar-refractivity contribution in [3.8, 4) is 11.5 Å². The molecule has 0 spiro atoms. The first-order valence-electron chi connectivity index (χ1n) is 13.6. The fourth-order valence-electron chi connectivity index (χ4n) is 4.63. The van der Waals surface area contributed by atoms with Gasteiger partial charge >= 0.3 is 5.91 Å². The summed E-state index contributed by atoms with van der Waals surface area (Å²) in [5, 5.41) is 11.8. The Bertz CT molecular complexity index is 1560. The van der Waals surface area contributed by atoms with E-state index in [1.165, 1.54) is 16.2 Å². The summed E-state index contributed by atoms with van der Waals surface area (Å²) < 4.78 is 12.4. The number of ketones is 1. The van der Waals surface area contributed by atoms with Crippen LogP contribution in [0.2, 0.25) is 0 Å². The molecule has 5 rings (SSSR count). The fourth-order valence-corrected chi connectivity index (χ4v) is 5.72. The van der Waals surface area contributed by atoms with Gasteiger partial charge in [-0.3, -0.25) is 14.5 Å². The van der Waals surface area contributed by atoms with Gasteiger partial charge in [-0.05, 0) is 79.4 Å². The molecule has 1 N–H and O–H groups in total. The van der Waals surface area contributed by atoms with E-state index in [2.05, 4.69) is 6.92 Å². The highest BCUT2D eigenvalue weighted by molar-refractivity contribution is 7.22. The third-order valence-corrected chi connectivity index (χ3v) is 7.76. The number of aromatic nitrogens is 1. The number of hydrogen-bond acceptors (Lipinski definition) is 7. The Morgan fingerprint density at radius 3 is 2.27 bits per heavy atom. The first kappa shape index (κ1) is 27.4. The van der Waals surface area contributed by atoms with Crippen LogP contribution in [0.3, 0.4) is 0 Å².